The summed E-state index contributed by atoms with van der Waals surface area (Å²) in [5, 5.41) is 3.42. The number of aromatic nitrogens is 7. The maximum atomic E-state index is 15.0. The summed E-state index contributed by atoms with van der Waals surface area (Å²) in [5.41, 5.74) is 1.84. The number of rotatable bonds is 11. The van der Waals surface area contributed by atoms with Crippen molar-refractivity contribution >= 4 is 39.3 Å². The molecule has 3 aromatic carbocycles. The first-order valence-electron chi connectivity index (χ1n) is 17.7. The summed E-state index contributed by atoms with van der Waals surface area (Å²) in [6, 6.07) is 22.2. The van der Waals surface area contributed by atoms with E-state index in [9.17, 15) is 18.8 Å². The highest BCUT2D eigenvalue weighted by molar-refractivity contribution is 5.79. The van der Waals surface area contributed by atoms with E-state index in [0.29, 0.717) is 66.7 Å². The lowest BCUT2D eigenvalue weighted by atomic mass is 10.1. The van der Waals surface area contributed by atoms with Gasteiger partial charge in [0.2, 0.25) is 5.95 Å². The minimum atomic E-state index is -0.787. The van der Waals surface area contributed by atoms with Crippen LogP contribution in [0.25, 0.3) is 27.8 Å². The van der Waals surface area contributed by atoms with Gasteiger partial charge in [-0.05, 0) is 66.2 Å². The first-order valence-corrected chi connectivity index (χ1v) is 17.7. The van der Waals surface area contributed by atoms with Gasteiger partial charge < -0.3 is 15.0 Å². The van der Waals surface area contributed by atoms with Gasteiger partial charge in [0.1, 0.15) is 17.0 Å². The second-order valence-corrected chi connectivity index (χ2v) is 13.2. The molecule has 4 aromatic heterocycles. The monoisotopic (exact) mass is 746 g/mol. The molecular formula is C39H36F2N10O4. The van der Waals surface area contributed by atoms with Crippen molar-refractivity contribution in [3.8, 4) is 5.82 Å². The van der Waals surface area contributed by atoms with E-state index in [0.717, 1.165) is 24.5 Å². The summed E-state index contributed by atoms with van der Waals surface area (Å²) in [6.45, 7) is 3.91. The average Bonchev–Trinajstić information content (AvgIpc) is 3.47. The molecule has 8 rings (SSSR count). The summed E-state index contributed by atoms with van der Waals surface area (Å²) in [7, 11) is 1.58. The van der Waals surface area contributed by atoms with E-state index >= 15 is 4.39 Å². The lowest BCUT2D eigenvalue weighted by molar-refractivity contribution is 0.180. The molecule has 0 bridgehead atoms. The number of nitrogens with one attached hydrogen (secondary N) is 2. The van der Waals surface area contributed by atoms with Crippen molar-refractivity contribution in [2.45, 2.75) is 19.6 Å². The zero-order valence-electron chi connectivity index (χ0n) is 29.8. The molecule has 55 heavy (non-hydrogen) atoms. The number of benzene rings is 3. The molecule has 5 heterocycles. The second-order valence-electron chi connectivity index (χ2n) is 13.2. The highest BCUT2D eigenvalue weighted by Gasteiger charge is 2.21. The summed E-state index contributed by atoms with van der Waals surface area (Å²) in [5.74, 6) is -0.201. The molecule has 0 aliphatic carbocycles. The fourth-order valence-corrected chi connectivity index (χ4v) is 6.96. The number of hydrogen-bond donors (Lipinski definition) is 2. The number of H-pyrrole nitrogens is 1. The van der Waals surface area contributed by atoms with Gasteiger partial charge in [0, 0.05) is 69.2 Å². The third-order valence-electron chi connectivity index (χ3n) is 9.73. The Hall–Kier alpha value is -6.52. The minimum Gasteiger partial charge on any atom is -0.383 e. The predicted molar refractivity (Wildman–Crippen MR) is 204 cm³/mol. The van der Waals surface area contributed by atoms with Crippen LogP contribution in [0.4, 0.5) is 26.1 Å². The molecule has 0 spiro atoms. The molecule has 0 amide bonds. The Labute approximate surface area is 311 Å². The standard InChI is InChI=1S/C39H36F2N10O4/c1-55-20-19-50-37(53)29-22-43-38(45-35(29)51(50)33-7-2-3-14-42-33)44-27-9-11-28(12-10-27)48-17-15-47(16-18-48)24-26-21-25(8-13-30(26)40)23-49-32-6-4-5-31(41)34(32)36(52)46-39(49)54/h2-14,21-22H,15-20,23-24H2,1H3,(H,43,44,45)(H,46,52,54). The molecule has 0 unspecified atom stereocenters. The molecule has 2 N–H and O–H groups in total. The molecular weight excluding hydrogens is 710 g/mol. The Morgan fingerprint density at radius 1 is 0.873 bits per heavy atom. The highest BCUT2D eigenvalue weighted by atomic mass is 19.1. The van der Waals surface area contributed by atoms with Gasteiger partial charge in [-0.3, -0.25) is 24.0 Å². The number of pyridine rings is 1. The molecule has 1 aliphatic rings. The van der Waals surface area contributed by atoms with Crippen molar-refractivity contribution in [2.24, 2.45) is 0 Å². The molecule has 0 atom stereocenters. The van der Waals surface area contributed by atoms with E-state index in [4.69, 9.17) is 9.72 Å². The molecule has 1 fully saturated rings. The third kappa shape index (κ3) is 7.12. The van der Waals surface area contributed by atoms with Crippen LogP contribution in [-0.2, 0) is 24.4 Å². The topological polar surface area (TPSA) is 148 Å². The lowest BCUT2D eigenvalue weighted by Crippen LogP contribution is -2.46. The number of piperazine rings is 1. The first-order chi connectivity index (χ1) is 26.8. The molecule has 1 saturated heterocycles. The van der Waals surface area contributed by atoms with Gasteiger partial charge in [0.25, 0.3) is 11.1 Å². The van der Waals surface area contributed by atoms with Crippen LogP contribution in [0, 0.1) is 11.6 Å². The van der Waals surface area contributed by atoms with Crippen LogP contribution in [0.1, 0.15) is 11.1 Å². The van der Waals surface area contributed by atoms with Crippen molar-refractivity contribution in [2.75, 3.05) is 50.1 Å². The molecule has 0 saturated carbocycles. The van der Waals surface area contributed by atoms with E-state index in [1.165, 1.54) is 35.0 Å². The minimum absolute atomic E-state index is 0.0385. The highest BCUT2D eigenvalue weighted by Crippen LogP contribution is 2.24. The maximum Gasteiger partial charge on any atom is 0.329 e. The Balaban J connectivity index is 0.925. The van der Waals surface area contributed by atoms with E-state index in [2.05, 4.69) is 30.1 Å². The van der Waals surface area contributed by atoms with Crippen LogP contribution in [0.2, 0.25) is 0 Å². The molecule has 16 heteroatoms. The van der Waals surface area contributed by atoms with Crippen LogP contribution in [0.5, 0.6) is 0 Å². The lowest BCUT2D eigenvalue weighted by Gasteiger charge is -2.36. The fraction of sp³-hybridized carbons (Fsp3) is 0.231. The Morgan fingerprint density at radius 2 is 1.69 bits per heavy atom. The van der Waals surface area contributed by atoms with Crippen LogP contribution >= 0.6 is 0 Å². The summed E-state index contributed by atoms with van der Waals surface area (Å²) >= 11 is 0. The van der Waals surface area contributed by atoms with Crippen molar-refractivity contribution in [1.82, 2.24) is 38.8 Å². The molecule has 14 nitrogen and oxygen atoms in total. The number of nitrogens with zero attached hydrogens (tertiary/aromatic N) is 8. The van der Waals surface area contributed by atoms with Gasteiger partial charge >= 0.3 is 5.69 Å². The van der Waals surface area contributed by atoms with E-state index in [1.54, 1.807) is 46.9 Å². The summed E-state index contributed by atoms with van der Waals surface area (Å²) < 4.78 is 39.2. The van der Waals surface area contributed by atoms with E-state index in [1.807, 2.05) is 30.3 Å². The predicted octanol–water partition coefficient (Wildman–Crippen LogP) is 4.02. The number of halogens is 2. The summed E-state index contributed by atoms with van der Waals surface area (Å²) in [4.78, 5) is 58.4. The van der Waals surface area contributed by atoms with Crippen molar-refractivity contribution < 1.29 is 13.5 Å². The van der Waals surface area contributed by atoms with Gasteiger partial charge in [-0.1, -0.05) is 18.2 Å². The van der Waals surface area contributed by atoms with Crippen molar-refractivity contribution in [1.29, 1.82) is 0 Å². The molecule has 280 valence electrons. The largest absolute Gasteiger partial charge is 0.383 e. The van der Waals surface area contributed by atoms with Gasteiger partial charge in [0.15, 0.2) is 11.5 Å². The number of anilines is 3. The van der Waals surface area contributed by atoms with Crippen LogP contribution in [0.3, 0.4) is 0 Å². The van der Waals surface area contributed by atoms with Gasteiger partial charge in [-0.25, -0.2) is 32.9 Å². The first kappa shape index (κ1) is 35.5. The SMILES string of the molecule is COCCn1c(=O)c2cnc(Nc3ccc(N4CCN(Cc5cc(Cn6c(=O)[nH]c(=O)c7c(F)cccc76)ccc5F)CC4)cc3)nc2n1-c1ccccn1. The Kier molecular flexibility index (Phi) is 9.73. The second kappa shape index (κ2) is 15.1. The van der Waals surface area contributed by atoms with Crippen molar-refractivity contribution in [3.05, 3.63) is 145 Å². The van der Waals surface area contributed by atoms with E-state index < -0.39 is 17.1 Å². The Morgan fingerprint density at radius 3 is 2.45 bits per heavy atom. The van der Waals surface area contributed by atoms with Crippen LogP contribution in [-0.4, -0.2) is 78.7 Å². The Bertz CT molecular complexity index is 2690. The number of hydrogen-bond acceptors (Lipinski definition) is 10. The van der Waals surface area contributed by atoms with Crippen LogP contribution < -0.4 is 27.0 Å². The fourth-order valence-electron chi connectivity index (χ4n) is 6.96. The smallest absolute Gasteiger partial charge is 0.329 e. The third-order valence-corrected chi connectivity index (χ3v) is 9.73. The number of methoxy groups -OCH3 is 1. The number of ether oxygens (including phenoxy) is 1. The van der Waals surface area contributed by atoms with Gasteiger partial charge in [0.05, 0.1) is 30.6 Å². The normalized spacial score (nSPS) is 13.5. The van der Waals surface area contributed by atoms with Crippen molar-refractivity contribution in [3.63, 3.8) is 0 Å². The van der Waals surface area contributed by atoms with Crippen LogP contribution in [0.15, 0.2) is 106 Å². The zero-order valence-corrected chi connectivity index (χ0v) is 29.8. The number of aromatic amines is 1. The van der Waals surface area contributed by atoms with E-state index in [-0.39, 0.29) is 28.8 Å². The van der Waals surface area contributed by atoms with Gasteiger partial charge in [-0.2, -0.15) is 4.98 Å². The molecule has 1 aliphatic heterocycles. The molecule has 0 radical (unpaired) electrons. The van der Waals surface area contributed by atoms with Gasteiger partial charge in [-0.15, -0.1) is 0 Å². The maximum absolute atomic E-state index is 15.0. The average molecular weight is 747 g/mol. The zero-order chi connectivity index (χ0) is 38.1. The summed E-state index contributed by atoms with van der Waals surface area (Å²) in [6.07, 6.45) is 3.17. The molecule has 7 aromatic rings. The quantitative estimate of drug-likeness (QED) is 0.199. The number of fused-ring (bicyclic) bond motifs is 2.